The van der Waals surface area contributed by atoms with Crippen LogP contribution in [0.5, 0.6) is 0 Å². The molecule has 0 saturated carbocycles. The van der Waals surface area contributed by atoms with Crippen LogP contribution in [-0.2, 0) is 32.0 Å². The zero-order chi connectivity index (χ0) is 29.8. The number of carboxylic acids is 1. The molecule has 0 spiro atoms. The topological polar surface area (TPSA) is 213 Å². The van der Waals surface area contributed by atoms with E-state index in [0.29, 0.717) is 19.4 Å². The Morgan fingerprint density at radius 3 is 2.12 bits per heavy atom. The fraction of sp³-hybridized carbons (Fsp3) is 0.379. The molecule has 10 N–H and O–H groups in total. The number of aliphatic hydroxyl groups excluding tert-OH is 1. The number of para-hydroxylation sites is 1. The van der Waals surface area contributed by atoms with E-state index in [2.05, 4.69) is 20.9 Å². The van der Waals surface area contributed by atoms with Crippen LogP contribution in [0.25, 0.3) is 10.9 Å². The van der Waals surface area contributed by atoms with Gasteiger partial charge >= 0.3 is 5.97 Å². The van der Waals surface area contributed by atoms with Crippen molar-refractivity contribution in [2.75, 3.05) is 13.2 Å². The van der Waals surface area contributed by atoms with Gasteiger partial charge in [0.2, 0.25) is 17.7 Å². The predicted octanol–water partition coefficient (Wildman–Crippen LogP) is -0.0593. The van der Waals surface area contributed by atoms with Crippen molar-refractivity contribution in [1.29, 1.82) is 0 Å². The maximum absolute atomic E-state index is 13.3. The number of rotatable bonds is 16. The molecule has 3 rings (SSSR count). The molecule has 12 nitrogen and oxygen atoms in total. The van der Waals surface area contributed by atoms with Crippen molar-refractivity contribution in [3.05, 3.63) is 71.9 Å². The lowest BCUT2D eigenvalue weighted by Crippen LogP contribution is -2.58. The zero-order valence-electron chi connectivity index (χ0n) is 22.7. The number of aromatic amines is 1. The lowest BCUT2D eigenvalue weighted by molar-refractivity contribution is -0.142. The van der Waals surface area contributed by atoms with Gasteiger partial charge in [0, 0.05) is 23.5 Å². The molecule has 0 aliphatic rings. The van der Waals surface area contributed by atoms with Crippen molar-refractivity contribution in [2.45, 2.75) is 56.3 Å². The number of H-pyrrole nitrogens is 1. The van der Waals surface area contributed by atoms with E-state index < -0.39 is 54.5 Å². The Kier molecular flexibility index (Phi) is 11.8. The van der Waals surface area contributed by atoms with Gasteiger partial charge in [0.25, 0.3) is 0 Å². The number of carbonyl (C=O) groups excluding carboxylic acids is 3. The average Bonchev–Trinajstić information content (AvgIpc) is 3.37. The van der Waals surface area contributed by atoms with E-state index in [1.165, 1.54) is 0 Å². The van der Waals surface area contributed by atoms with Crippen LogP contribution in [0.1, 0.15) is 30.4 Å². The molecule has 12 heteroatoms. The lowest BCUT2D eigenvalue weighted by atomic mass is 10.0. The summed E-state index contributed by atoms with van der Waals surface area (Å²) in [4.78, 5) is 53.9. The highest BCUT2D eigenvalue weighted by Gasteiger charge is 2.30. The van der Waals surface area contributed by atoms with E-state index in [1.807, 2.05) is 30.3 Å². The summed E-state index contributed by atoms with van der Waals surface area (Å²) in [5, 5.41) is 27.7. The van der Waals surface area contributed by atoms with E-state index in [-0.39, 0.29) is 19.3 Å². The van der Waals surface area contributed by atoms with Gasteiger partial charge < -0.3 is 42.6 Å². The van der Waals surface area contributed by atoms with Gasteiger partial charge in [-0.2, -0.15) is 0 Å². The van der Waals surface area contributed by atoms with E-state index in [0.717, 1.165) is 22.0 Å². The summed E-state index contributed by atoms with van der Waals surface area (Å²) in [6.07, 6.45) is 3.31. The number of hydrogen-bond acceptors (Lipinski definition) is 7. The minimum Gasteiger partial charge on any atom is -0.480 e. The van der Waals surface area contributed by atoms with Gasteiger partial charge in [-0.05, 0) is 49.4 Å². The first-order chi connectivity index (χ1) is 19.7. The van der Waals surface area contributed by atoms with Crippen molar-refractivity contribution in [1.82, 2.24) is 20.9 Å². The fourth-order valence-corrected chi connectivity index (χ4v) is 4.46. The Morgan fingerprint density at radius 2 is 1.44 bits per heavy atom. The lowest BCUT2D eigenvalue weighted by Gasteiger charge is -2.24. The molecule has 3 aromatic rings. The van der Waals surface area contributed by atoms with Crippen molar-refractivity contribution >= 4 is 34.6 Å². The van der Waals surface area contributed by atoms with Gasteiger partial charge in [-0.15, -0.1) is 0 Å². The van der Waals surface area contributed by atoms with Gasteiger partial charge in [0.05, 0.1) is 12.6 Å². The van der Waals surface area contributed by atoms with Crippen molar-refractivity contribution < 1.29 is 29.4 Å². The molecule has 2 aromatic carbocycles. The Balaban J connectivity index is 1.70. The maximum atomic E-state index is 13.3. The number of nitrogens with one attached hydrogen (secondary N) is 4. The molecule has 3 amide bonds. The Hall–Kier alpha value is -4.26. The van der Waals surface area contributed by atoms with E-state index in [1.54, 1.807) is 30.5 Å². The van der Waals surface area contributed by atoms with Crippen LogP contribution in [0.3, 0.4) is 0 Å². The maximum Gasteiger partial charge on any atom is 0.326 e. The molecule has 4 atom stereocenters. The second-order valence-electron chi connectivity index (χ2n) is 9.85. The predicted molar refractivity (Wildman–Crippen MR) is 154 cm³/mol. The van der Waals surface area contributed by atoms with E-state index in [4.69, 9.17) is 11.5 Å². The fourth-order valence-electron chi connectivity index (χ4n) is 4.46. The number of amides is 3. The minimum atomic E-state index is -1.44. The summed E-state index contributed by atoms with van der Waals surface area (Å²) < 4.78 is 0. The van der Waals surface area contributed by atoms with Gasteiger partial charge in [0.1, 0.15) is 18.1 Å². The van der Waals surface area contributed by atoms with Crippen LogP contribution >= 0.6 is 0 Å². The highest BCUT2D eigenvalue weighted by Crippen LogP contribution is 2.19. The quantitative estimate of drug-likeness (QED) is 0.110. The molecule has 0 radical (unpaired) electrons. The summed E-state index contributed by atoms with van der Waals surface area (Å²) >= 11 is 0. The van der Waals surface area contributed by atoms with Crippen LogP contribution in [0.2, 0.25) is 0 Å². The first-order valence-corrected chi connectivity index (χ1v) is 13.5. The first kappa shape index (κ1) is 31.3. The highest BCUT2D eigenvalue weighted by atomic mass is 16.4. The number of carboxylic acid groups (broad SMARTS) is 1. The summed E-state index contributed by atoms with van der Waals surface area (Å²) in [5.74, 6) is -3.40. The SMILES string of the molecule is NCCCCC(NC(=O)C(CO)NC(=O)C(Cc1ccccc1)NC(=O)C(N)Cc1c[nH]c2ccccc12)C(=O)O. The van der Waals surface area contributed by atoms with Crippen molar-refractivity contribution in [3.8, 4) is 0 Å². The van der Waals surface area contributed by atoms with Crippen molar-refractivity contribution in [3.63, 3.8) is 0 Å². The van der Waals surface area contributed by atoms with Crippen molar-refractivity contribution in [2.24, 2.45) is 11.5 Å². The molecule has 0 aliphatic carbocycles. The molecule has 1 heterocycles. The summed E-state index contributed by atoms with van der Waals surface area (Å²) in [6.45, 7) is -0.394. The molecule has 4 unspecified atom stereocenters. The number of unbranched alkanes of at least 4 members (excludes halogenated alkanes) is 1. The number of aliphatic hydroxyl groups is 1. The second-order valence-corrected chi connectivity index (χ2v) is 9.85. The van der Waals surface area contributed by atoms with Crippen LogP contribution in [0.4, 0.5) is 0 Å². The van der Waals surface area contributed by atoms with E-state index >= 15 is 0 Å². The monoisotopic (exact) mass is 566 g/mol. The smallest absolute Gasteiger partial charge is 0.326 e. The molecule has 0 fully saturated rings. The minimum absolute atomic E-state index is 0.0921. The first-order valence-electron chi connectivity index (χ1n) is 13.5. The third-order valence-electron chi connectivity index (χ3n) is 6.74. The van der Waals surface area contributed by atoms with Crippen LogP contribution in [0, 0.1) is 0 Å². The number of hydrogen-bond donors (Lipinski definition) is 8. The molecule has 0 saturated heterocycles. The summed E-state index contributed by atoms with van der Waals surface area (Å²) in [6, 6.07) is 11.8. The highest BCUT2D eigenvalue weighted by molar-refractivity contribution is 5.94. The molecule has 0 aliphatic heterocycles. The van der Waals surface area contributed by atoms with Crippen LogP contribution in [0.15, 0.2) is 60.8 Å². The van der Waals surface area contributed by atoms with Crippen LogP contribution in [-0.4, -0.2) is 76.2 Å². The molecule has 41 heavy (non-hydrogen) atoms. The number of carbonyl (C=O) groups is 4. The molecular formula is C29H38N6O6. The zero-order valence-corrected chi connectivity index (χ0v) is 22.7. The van der Waals surface area contributed by atoms with Crippen LogP contribution < -0.4 is 27.4 Å². The third kappa shape index (κ3) is 9.13. The second kappa shape index (κ2) is 15.5. The standard InChI is InChI=1S/C29H38N6O6/c30-13-7-6-12-23(29(40)41)33-28(39)25(17-36)35-27(38)24(14-18-8-2-1-3-9-18)34-26(37)21(31)15-19-16-32-22-11-5-4-10-20(19)22/h1-5,8-11,16,21,23-25,32,36H,6-7,12-15,17,30-31H2,(H,33,39)(H,34,37)(H,35,38)(H,40,41). The number of aromatic nitrogens is 1. The van der Waals surface area contributed by atoms with Gasteiger partial charge in [-0.1, -0.05) is 48.5 Å². The van der Waals surface area contributed by atoms with E-state index in [9.17, 15) is 29.4 Å². The number of benzene rings is 2. The average molecular weight is 567 g/mol. The molecular weight excluding hydrogens is 528 g/mol. The molecule has 220 valence electrons. The molecule has 0 bridgehead atoms. The number of nitrogens with two attached hydrogens (primary N) is 2. The number of aliphatic carboxylic acids is 1. The van der Waals surface area contributed by atoms with Gasteiger partial charge in [-0.25, -0.2) is 4.79 Å². The largest absolute Gasteiger partial charge is 0.480 e. The van der Waals surface area contributed by atoms with Gasteiger partial charge in [-0.3, -0.25) is 14.4 Å². The summed E-state index contributed by atoms with van der Waals surface area (Å²) in [5.41, 5.74) is 14.2. The van der Waals surface area contributed by atoms with Gasteiger partial charge in [0.15, 0.2) is 0 Å². The Bertz CT molecular complexity index is 1310. The molecule has 1 aromatic heterocycles. The number of fused-ring (bicyclic) bond motifs is 1. The Morgan fingerprint density at radius 1 is 0.805 bits per heavy atom. The summed E-state index contributed by atoms with van der Waals surface area (Å²) in [7, 11) is 0. The normalized spacial score (nSPS) is 14.0. The third-order valence-corrected chi connectivity index (χ3v) is 6.74. The Labute approximate surface area is 237 Å².